The zero-order chi connectivity index (χ0) is 21.4. The lowest BCUT2D eigenvalue weighted by molar-refractivity contribution is 0.354. The number of methoxy groups -OCH3 is 2. The van der Waals surface area contributed by atoms with E-state index in [2.05, 4.69) is 47.6 Å². The van der Waals surface area contributed by atoms with E-state index in [9.17, 15) is 0 Å². The predicted molar refractivity (Wildman–Crippen MR) is 118 cm³/mol. The van der Waals surface area contributed by atoms with Crippen LogP contribution in [0.4, 0.5) is 0 Å². The molecule has 29 heavy (non-hydrogen) atoms. The topological polar surface area (TPSA) is 72.7 Å². The zero-order valence-corrected chi connectivity index (χ0v) is 18.8. The van der Waals surface area contributed by atoms with Gasteiger partial charge in [-0.15, -0.1) is 0 Å². The molecule has 0 aliphatic carbocycles. The molecule has 2 rings (SSSR count). The van der Waals surface area contributed by atoms with Crippen LogP contribution in [0, 0.1) is 13.8 Å². The second-order valence-corrected chi connectivity index (χ2v) is 7.31. The molecule has 7 heteroatoms. The van der Waals surface area contributed by atoms with Crippen molar-refractivity contribution in [2.45, 2.75) is 46.1 Å². The highest BCUT2D eigenvalue weighted by atomic mass is 16.5. The fourth-order valence-corrected chi connectivity index (χ4v) is 3.43. The summed E-state index contributed by atoms with van der Waals surface area (Å²) in [6.07, 6.45) is 2.86. The van der Waals surface area contributed by atoms with Crippen LogP contribution in [0.15, 0.2) is 23.2 Å². The SMILES string of the molecule is CN=C(NCCCc1ccc(OC)c(OC)c1)NC(C)Cc1c(C)nn(C)c1C. The van der Waals surface area contributed by atoms with Gasteiger partial charge in [-0.05, 0) is 63.3 Å². The number of rotatable bonds is 9. The molecule has 1 atom stereocenters. The van der Waals surface area contributed by atoms with Gasteiger partial charge in [0.2, 0.25) is 0 Å². The van der Waals surface area contributed by atoms with Gasteiger partial charge in [-0.2, -0.15) is 5.10 Å². The summed E-state index contributed by atoms with van der Waals surface area (Å²) in [6.45, 7) is 7.19. The van der Waals surface area contributed by atoms with Crippen LogP contribution in [0.25, 0.3) is 0 Å². The van der Waals surface area contributed by atoms with E-state index in [-0.39, 0.29) is 6.04 Å². The summed E-state index contributed by atoms with van der Waals surface area (Å²) >= 11 is 0. The monoisotopic (exact) mass is 401 g/mol. The molecular formula is C22H35N5O2. The number of aliphatic imine (C=N–C) groups is 1. The Labute approximate surface area is 174 Å². The number of aromatic nitrogens is 2. The minimum absolute atomic E-state index is 0.258. The minimum atomic E-state index is 0.258. The normalized spacial score (nSPS) is 12.6. The van der Waals surface area contributed by atoms with Gasteiger partial charge in [-0.25, -0.2) is 0 Å². The molecule has 2 N–H and O–H groups in total. The number of ether oxygens (including phenoxy) is 2. The Bertz CT molecular complexity index is 829. The van der Waals surface area contributed by atoms with Crippen LogP contribution in [0.2, 0.25) is 0 Å². The number of benzene rings is 1. The van der Waals surface area contributed by atoms with E-state index in [0.29, 0.717) is 0 Å². The first-order valence-electron chi connectivity index (χ1n) is 10.1. The van der Waals surface area contributed by atoms with E-state index in [4.69, 9.17) is 9.47 Å². The Morgan fingerprint density at radius 1 is 1.21 bits per heavy atom. The van der Waals surface area contributed by atoms with Crippen molar-refractivity contribution in [3.8, 4) is 11.5 Å². The highest BCUT2D eigenvalue weighted by molar-refractivity contribution is 5.79. The Kier molecular flexibility index (Phi) is 8.36. The molecule has 1 aromatic heterocycles. The van der Waals surface area contributed by atoms with Crippen LogP contribution < -0.4 is 20.1 Å². The van der Waals surface area contributed by atoms with E-state index in [1.165, 1.54) is 16.8 Å². The summed E-state index contributed by atoms with van der Waals surface area (Å²) < 4.78 is 12.6. The average molecular weight is 402 g/mol. The molecule has 0 spiro atoms. The van der Waals surface area contributed by atoms with Gasteiger partial charge >= 0.3 is 0 Å². The van der Waals surface area contributed by atoms with Gasteiger partial charge in [-0.3, -0.25) is 9.67 Å². The third kappa shape index (κ3) is 6.14. The van der Waals surface area contributed by atoms with Crippen LogP contribution >= 0.6 is 0 Å². The molecule has 0 saturated carbocycles. The van der Waals surface area contributed by atoms with Crippen LogP contribution in [0.5, 0.6) is 11.5 Å². The van der Waals surface area contributed by atoms with Crippen molar-refractivity contribution in [3.05, 3.63) is 40.7 Å². The van der Waals surface area contributed by atoms with Gasteiger partial charge in [-0.1, -0.05) is 6.07 Å². The lowest BCUT2D eigenvalue weighted by Gasteiger charge is -2.18. The maximum Gasteiger partial charge on any atom is 0.191 e. The second-order valence-electron chi connectivity index (χ2n) is 7.31. The first-order chi connectivity index (χ1) is 13.9. The van der Waals surface area contributed by atoms with Gasteiger partial charge in [0.05, 0.1) is 19.9 Å². The molecule has 1 heterocycles. The van der Waals surface area contributed by atoms with Gasteiger partial charge in [0, 0.05) is 32.4 Å². The molecule has 0 fully saturated rings. The third-order valence-electron chi connectivity index (χ3n) is 5.16. The van der Waals surface area contributed by atoms with Crippen LogP contribution in [-0.2, 0) is 19.9 Å². The van der Waals surface area contributed by atoms with Crippen molar-refractivity contribution in [2.75, 3.05) is 27.8 Å². The van der Waals surface area contributed by atoms with Crippen LogP contribution in [0.3, 0.4) is 0 Å². The fourth-order valence-electron chi connectivity index (χ4n) is 3.43. The van der Waals surface area contributed by atoms with Gasteiger partial charge < -0.3 is 20.1 Å². The molecule has 0 radical (unpaired) electrons. The molecular weight excluding hydrogens is 366 g/mol. The summed E-state index contributed by atoms with van der Waals surface area (Å²) in [5, 5.41) is 11.4. The number of hydrogen-bond acceptors (Lipinski definition) is 4. The van der Waals surface area contributed by atoms with E-state index >= 15 is 0 Å². The standard InChI is InChI=1S/C22H35N5O2/c1-15(13-19-16(2)26-27(5)17(19)3)25-22(23-4)24-12-8-9-18-10-11-20(28-6)21(14-18)29-7/h10-11,14-15H,8-9,12-13H2,1-7H3,(H2,23,24,25). The number of hydrogen-bond donors (Lipinski definition) is 2. The highest BCUT2D eigenvalue weighted by Gasteiger charge is 2.14. The van der Waals surface area contributed by atoms with Crippen LogP contribution in [-0.4, -0.2) is 49.6 Å². The van der Waals surface area contributed by atoms with Crippen LogP contribution in [0.1, 0.15) is 35.9 Å². The zero-order valence-electron chi connectivity index (χ0n) is 18.8. The summed E-state index contributed by atoms with van der Waals surface area (Å²) in [5.74, 6) is 2.35. The Morgan fingerprint density at radius 3 is 2.52 bits per heavy atom. The Morgan fingerprint density at radius 2 is 1.93 bits per heavy atom. The average Bonchev–Trinajstić information content (AvgIpc) is 2.95. The number of nitrogens with one attached hydrogen (secondary N) is 2. The van der Waals surface area contributed by atoms with Gasteiger partial charge in [0.15, 0.2) is 17.5 Å². The lowest BCUT2D eigenvalue weighted by Crippen LogP contribution is -2.43. The van der Waals surface area contributed by atoms with E-state index in [1.807, 2.05) is 23.9 Å². The second kappa shape index (κ2) is 10.7. The van der Waals surface area contributed by atoms with E-state index < -0.39 is 0 Å². The predicted octanol–water partition coefficient (Wildman–Crippen LogP) is 2.78. The summed E-state index contributed by atoms with van der Waals surface area (Å²) in [6, 6.07) is 6.32. The molecule has 1 unspecified atom stereocenters. The highest BCUT2D eigenvalue weighted by Crippen LogP contribution is 2.27. The summed E-state index contributed by atoms with van der Waals surface area (Å²) in [7, 11) is 7.10. The molecule has 160 valence electrons. The maximum absolute atomic E-state index is 5.37. The van der Waals surface area contributed by atoms with Crippen molar-refractivity contribution in [2.24, 2.45) is 12.0 Å². The number of nitrogens with zero attached hydrogens (tertiary/aromatic N) is 3. The van der Waals surface area contributed by atoms with Gasteiger partial charge in [0.25, 0.3) is 0 Å². The summed E-state index contributed by atoms with van der Waals surface area (Å²) in [5.41, 5.74) is 4.84. The lowest BCUT2D eigenvalue weighted by atomic mass is 10.1. The van der Waals surface area contributed by atoms with Crippen molar-refractivity contribution in [1.29, 1.82) is 0 Å². The Hall–Kier alpha value is -2.70. The number of guanidine groups is 1. The van der Waals surface area contributed by atoms with Crippen molar-refractivity contribution < 1.29 is 9.47 Å². The first kappa shape index (κ1) is 22.6. The number of aryl methyl sites for hydroxylation is 3. The van der Waals surface area contributed by atoms with E-state index in [1.54, 1.807) is 21.3 Å². The Balaban J connectivity index is 1.80. The smallest absolute Gasteiger partial charge is 0.191 e. The third-order valence-corrected chi connectivity index (χ3v) is 5.16. The summed E-state index contributed by atoms with van der Waals surface area (Å²) in [4.78, 5) is 4.35. The largest absolute Gasteiger partial charge is 0.493 e. The van der Waals surface area contributed by atoms with E-state index in [0.717, 1.165) is 49.0 Å². The molecule has 0 bridgehead atoms. The minimum Gasteiger partial charge on any atom is -0.493 e. The molecule has 1 aromatic carbocycles. The molecule has 0 aliphatic heterocycles. The maximum atomic E-state index is 5.37. The van der Waals surface area contributed by atoms with Crippen molar-refractivity contribution in [1.82, 2.24) is 20.4 Å². The molecule has 2 aromatic rings. The first-order valence-corrected chi connectivity index (χ1v) is 10.1. The van der Waals surface area contributed by atoms with Crippen molar-refractivity contribution >= 4 is 5.96 Å². The molecule has 7 nitrogen and oxygen atoms in total. The quantitative estimate of drug-likeness (QED) is 0.384. The molecule has 0 aliphatic rings. The van der Waals surface area contributed by atoms with Crippen molar-refractivity contribution in [3.63, 3.8) is 0 Å². The fraction of sp³-hybridized carbons (Fsp3) is 0.545. The molecule has 0 amide bonds. The van der Waals surface area contributed by atoms with Gasteiger partial charge in [0.1, 0.15) is 0 Å². The molecule has 0 saturated heterocycles.